The van der Waals surface area contributed by atoms with Crippen molar-refractivity contribution in [2.75, 3.05) is 12.8 Å². The lowest BCUT2D eigenvalue weighted by atomic mass is 10.1. The smallest absolute Gasteiger partial charge is 0.166 e. The first kappa shape index (κ1) is 12.7. The third-order valence-electron chi connectivity index (χ3n) is 2.34. The molecule has 96 valence electrons. The quantitative estimate of drug-likeness (QED) is 0.893. The molecule has 5 nitrogen and oxygen atoms in total. The Balaban J connectivity index is 2.62. The van der Waals surface area contributed by atoms with Gasteiger partial charge in [-0.3, -0.25) is 0 Å². The minimum absolute atomic E-state index is 0.00261. The molecule has 0 aliphatic rings. The zero-order chi connectivity index (χ0) is 14.0. The van der Waals surface area contributed by atoms with Crippen LogP contribution in [-0.4, -0.2) is 17.1 Å². The summed E-state index contributed by atoms with van der Waals surface area (Å²) < 4.78 is 32.0. The average Bonchev–Trinajstić information content (AvgIpc) is 2.40. The maximum Gasteiger partial charge on any atom is 0.166 e. The van der Waals surface area contributed by atoms with Crippen molar-refractivity contribution in [3.8, 4) is 23.2 Å². The monoisotopic (exact) mass is 262 g/mol. The van der Waals surface area contributed by atoms with Gasteiger partial charge in [-0.05, 0) is 6.07 Å². The molecule has 0 amide bonds. The Labute approximate surface area is 107 Å². The van der Waals surface area contributed by atoms with Crippen LogP contribution in [-0.2, 0) is 0 Å². The van der Waals surface area contributed by atoms with Crippen LogP contribution in [0.5, 0.6) is 5.75 Å². The summed E-state index contributed by atoms with van der Waals surface area (Å²) >= 11 is 0. The molecule has 1 aromatic heterocycles. The van der Waals surface area contributed by atoms with E-state index in [0.29, 0.717) is 0 Å². The molecule has 2 aromatic rings. The fourth-order valence-electron chi connectivity index (χ4n) is 1.50. The van der Waals surface area contributed by atoms with Crippen molar-refractivity contribution in [1.82, 2.24) is 9.97 Å². The van der Waals surface area contributed by atoms with E-state index in [-0.39, 0.29) is 28.6 Å². The number of nitriles is 1. The van der Waals surface area contributed by atoms with Gasteiger partial charge in [-0.15, -0.1) is 0 Å². The lowest BCUT2D eigenvalue weighted by molar-refractivity contribution is 0.383. The Morgan fingerprint density at radius 1 is 1.21 bits per heavy atom. The second kappa shape index (κ2) is 4.86. The van der Waals surface area contributed by atoms with Crippen molar-refractivity contribution in [2.24, 2.45) is 0 Å². The van der Waals surface area contributed by atoms with E-state index >= 15 is 0 Å². The Bertz CT molecular complexity index is 682. The number of benzene rings is 1. The summed E-state index contributed by atoms with van der Waals surface area (Å²) in [5.41, 5.74) is 5.25. The number of nitrogens with two attached hydrogens (primary N) is 1. The predicted octanol–water partition coefficient (Wildman–Crippen LogP) is 1.88. The first-order valence-electron chi connectivity index (χ1n) is 5.13. The van der Waals surface area contributed by atoms with Gasteiger partial charge in [0, 0.05) is 12.1 Å². The van der Waals surface area contributed by atoms with Gasteiger partial charge >= 0.3 is 0 Å². The van der Waals surface area contributed by atoms with Crippen LogP contribution in [0.3, 0.4) is 0 Å². The number of nitrogen functional groups attached to an aromatic ring is 1. The molecule has 1 aromatic carbocycles. The molecule has 0 atom stereocenters. The number of hydrogen-bond acceptors (Lipinski definition) is 5. The van der Waals surface area contributed by atoms with Gasteiger partial charge in [0.05, 0.1) is 12.7 Å². The number of ether oxygens (including phenoxy) is 1. The number of nitrogens with zero attached hydrogens (tertiary/aromatic N) is 3. The van der Waals surface area contributed by atoms with Crippen LogP contribution in [0.25, 0.3) is 11.4 Å². The first-order valence-corrected chi connectivity index (χ1v) is 5.13. The molecule has 0 spiro atoms. The Kier molecular flexibility index (Phi) is 3.25. The van der Waals surface area contributed by atoms with Crippen LogP contribution >= 0.6 is 0 Å². The van der Waals surface area contributed by atoms with Crippen LogP contribution in [0.15, 0.2) is 18.2 Å². The second-order valence-corrected chi connectivity index (χ2v) is 3.58. The molecule has 7 heteroatoms. The number of halogens is 2. The summed E-state index contributed by atoms with van der Waals surface area (Å²) in [6.07, 6.45) is 0. The third-order valence-corrected chi connectivity index (χ3v) is 2.34. The fraction of sp³-hybridized carbons (Fsp3) is 0.0833. The van der Waals surface area contributed by atoms with Gasteiger partial charge in [-0.1, -0.05) is 0 Å². The van der Waals surface area contributed by atoms with Gasteiger partial charge < -0.3 is 10.5 Å². The molecule has 0 aliphatic heterocycles. The van der Waals surface area contributed by atoms with Crippen molar-refractivity contribution >= 4 is 5.82 Å². The zero-order valence-corrected chi connectivity index (χ0v) is 9.82. The average molecular weight is 262 g/mol. The van der Waals surface area contributed by atoms with E-state index in [1.807, 2.05) is 0 Å². The van der Waals surface area contributed by atoms with Gasteiger partial charge in [-0.25, -0.2) is 18.7 Å². The van der Waals surface area contributed by atoms with Crippen LogP contribution in [0.2, 0.25) is 0 Å². The highest BCUT2D eigenvalue weighted by Gasteiger charge is 2.15. The molecule has 2 N–H and O–H groups in total. The topological polar surface area (TPSA) is 84.8 Å². The van der Waals surface area contributed by atoms with E-state index < -0.39 is 11.6 Å². The minimum atomic E-state index is -0.771. The largest absolute Gasteiger partial charge is 0.494 e. The van der Waals surface area contributed by atoms with E-state index in [4.69, 9.17) is 11.0 Å². The predicted molar refractivity (Wildman–Crippen MR) is 63.1 cm³/mol. The summed E-state index contributed by atoms with van der Waals surface area (Å²) in [6.45, 7) is 0. The molecular weight excluding hydrogens is 254 g/mol. The number of aromatic nitrogens is 2. The summed E-state index contributed by atoms with van der Waals surface area (Å²) in [7, 11) is 1.22. The summed E-state index contributed by atoms with van der Waals surface area (Å²) in [5, 5.41) is 8.76. The van der Waals surface area contributed by atoms with Crippen molar-refractivity contribution in [1.29, 1.82) is 5.26 Å². The highest BCUT2D eigenvalue weighted by atomic mass is 19.1. The summed E-state index contributed by atoms with van der Waals surface area (Å²) in [6, 6.07) is 4.77. The van der Waals surface area contributed by atoms with Crippen molar-refractivity contribution in [3.05, 3.63) is 35.5 Å². The normalized spacial score (nSPS) is 10.0. The lowest BCUT2D eigenvalue weighted by Gasteiger charge is -2.07. The van der Waals surface area contributed by atoms with Crippen LogP contribution < -0.4 is 10.5 Å². The van der Waals surface area contributed by atoms with E-state index in [9.17, 15) is 8.78 Å². The van der Waals surface area contributed by atoms with Crippen LogP contribution in [0.4, 0.5) is 14.6 Å². The minimum Gasteiger partial charge on any atom is -0.494 e. The number of rotatable bonds is 2. The fourth-order valence-corrected chi connectivity index (χ4v) is 1.50. The Morgan fingerprint density at radius 2 is 1.95 bits per heavy atom. The molecule has 1 heterocycles. The van der Waals surface area contributed by atoms with Crippen molar-refractivity contribution in [2.45, 2.75) is 0 Å². The molecule has 0 saturated carbocycles. The van der Waals surface area contributed by atoms with Crippen LogP contribution in [0.1, 0.15) is 5.69 Å². The van der Waals surface area contributed by atoms with Gasteiger partial charge in [0.15, 0.2) is 17.4 Å². The molecule has 0 fully saturated rings. The summed E-state index contributed by atoms with van der Waals surface area (Å²) in [5.74, 6) is -1.92. The Hall–Kier alpha value is -2.75. The molecular formula is C12H8F2N4O. The van der Waals surface area contributed by atoms with E-state index in [1.54, 1.807) is 6.07 Å². The standard InChI is InChI=1S/C12H8F2N4O/c1-19-10-4-8(13)7(3-9(10)14)12-17-6(5-15)2-11(16)18-12/h2-4H,1H3,(H2,16,17,18). The molecule has 19 heavy (non-hydrogen) atoms. The maximum absolute atomic E-state index is 13.8. The van der Waals surface area contributed by atoms with Gasteiger partial charge in [-0.2, -0.15) is 5.26 Å². The first-order chi connectivity index (χ1) is 9.05. The maximum atomic E-state index is 13.8. The third kappa shape index (κ3) is 2.42. The van der Waals surface area contributed by atoms with Gasteiger partial charge in [0.2, 0.25) is 0 Å². The van der Waals surface area contributed by atoms with E-state index in [2.05, 4.69) is 14.7 Å². The highest BCUT2D eigenvalue weighted by Crippen LogP contribution is 2.27. The number of methoxy groups -OCH3 is 1. The molecule has 0 bridgehead atoms. The second-order valence-electron chi connectivity index (χ2n) is 3.58. The molecule has 0 unspecified atom stereocenters. The number of hydrogen-bond donors (Lipinski definition) is 1. The highest BCUT2D eigenvalue weighted by molar-refractivity contribution is 5.60. The van der Waals surface area contributed by atoms with Gasteiger partial charge in [0.1, 0.15) is 23.4 Å². The molecule has 0 aliphatic carbocycles. The van der Waals surface area contributed by atoms with E-state index in [1.165, 1.54) is 13.2 Å². The molecule has 0 radical (unpaired) electrons. The van der Waals surface area contributed by atoms with Crippen molar-refractivity contribution < 1.29 is 13.5 Å². The van der Waals surface area contributed by atoms with Crippen LogP contribution in [0, 0.1) is 23.0 Å². The zero-order valence-electron chi connectivity index (χ0n) is 9.82. The molecule has 2 rings (SSSR count). The van der Waals surface area contributed by atoms with Crippen molar-refractivity contribution in [3.63, 3.8) is 0 Å². The molecule has 0 saturated heterocycles. The number of anilines is 1. The Morgan fingerprint density at radius 3 is 2.58 bits per heavy atom. The summed E-state index contributed by atoms with van der Waals surface area (Å²) in [4.78, 5) is 7.56. The van der Waals surface area contributed by atoms with E-state index in [0.717, 1.165) is 12.1 Å². The SMILES string of the molecule is COc1cc(F)c(-c2nc(N)cc(C#N)n2)cc1F. The lowest BCUT2D eigenvalue weighted by Crippen LogP contribution is -2.01. The van der Waals surface area contributed by atoms with Gasteiger partial charge in [0.25, 0.3) is 0 Å².